The van der Waals surface area contributed by atoms with Gasteiger partial charge in [0.15, 0.2) is 0 Å². The van der Waals surface area contributed by atoms with Gasteiger partial charge >= 0.3 is 0 Å². The number of benzene rings is 1. The van der Waals surface area contributed by atoms with Crippen molar-refractivity contribution in [3.63, 3.8) is 0 Å². The van der Waals surface area contributed by atoms with Crippen LogP contribution in [0.4, 0.5) is 0 Å². The van der Waals surface area contributed by atoms with E-state index in [0.29, 0.717) is 26.3 Å². The minimum atomic E-state index is -0.337. The van der Waals surface area contributed by atoms with Gasteiger partial charge in [0.2, 0.25) is 5.91 Å². The number of rotatable bonds is 6. The van der Waals surface area contributed by atoms with Crippen molar-refractivity contribution in [2.45, 2.75) is 38.1 Å². The van der Waals surface area contributed by atoms with Crippen molar-refractivity contribution in [1.82, 2.24) is 4.90 Å². The lowest BCUT2D eigenvalue weighted by molar-refractivity contribution is -0.136. The Morgan fingerprint density at radius 3 is 2.91 bits per heavy atom. The van der Waals surface area contributed by atoms with Crippen LogP contribution < -0.4 is 0 Å². The number of carbonyl (C=O) groups excluding carboxylic acids is 1. The standard InChI is InChI=1S/C18H25NO4/c1-2-21-13-17(20)19-11-16(18(14-19)9-6-10-23-18)22-12-15-7-4-3-5-8-15/h3-5,7-8,16H,2,6,9-14H2,1H3/t16-,18-/m0/s1. The van der Waals surface area contributed by atoms with E-state index >= 15 is 0 Å². The molecule has 126 valence electrons. The maximum absolute atomic E-state index is 12.3. The molecule has 0 bridgehead atoms. The van der Waals surface area contributed by atoms with Crippen LogP contribution in [0, 0.1) is 0 Å². The van der Waals surface area contributed by atoms with Crippen molar-refractivity contribution in [1.29, 1.82) is 0 Å². The van der Waals surface area contributed by atoms with Crippen molar-refractivity contribution in [2.75, 3.05) is 32.9 Å². The van der Waals surface area contributed by atoms with Gasteiger partial charge in [-0.05, 0) is 25.3 Å². The third-order valence-electron chi connectivity index (χ3n) is 4.64. The number of amides is 1. The molecule has 5 nitrogen and oxygen atoms in total. The van der Waals surface area contributed by atoms with E-state index in [1.807, 2.05) is 30.0 Å². The first-order chi connectivity index (χ1) is 11.2. The Bertz CT molecular complexity index is 513. The van der Waals surface area contributed by atoms with Crippen molar-refractivity contribution in [3.8, 4) is 0 Å². The number of likely N-dealkylation sites (tertiary alicyclic amines) is 1. The predicted octanol–water partition coefficient (Wildman–Crippen LogP) is 2.00. The minimum absolute atomic E-state index is 0.0209. The average Bonchev–Trinajstić information content (AvgIpc) is 3.20. The van der Waals surface area contributed by atoms with Gasteiger partial charge in [0.05, 0.1) is 13.2 Å². The highest BCUT2D eigenvalue weighted by molar-refractivity contribution is 5.78. The molecular formula is C18H25NO4. The van der Waals surface area contributed by atoms with Gasteiger partial charge in [-0.25, -0.2) is 0 Å². The van der Waals surface area contributed by atoms with E-state index in [1.165, 1.54) is 0 Å². The summed E-state index contributed by atoms with van der Waals surface area (Å²) in [7, 11) is 0. The van der Waals surface area contributed by atoms with Gasteiger partial charge in [0, 0.05) is 19.8 Å². The minimum Gasteiger partial charge on any atom is -0.372 e. The van der Waals surface area contributed by atoms with Gasteiger partial charge < -0.3 is 19.1 Å². The summed E-state index contributed by atoms with van der Waals surface area (Å²) in [5, 5.41) is 0. The Labute approximate surface area is 137 Å². The molecule has 2 atom stereocenters. The summed E-state index contributed by atoms with van der Waals surface area (Å²) in [4.78, 5) is 14.1. The fourth-order valence-corrected chi connectivity index (χ4v) is 3.40. The first-order valence-corrected chi connectivity index (χ1v) is 8.38. The van der Waals surface area contributed by atoms with Crippen LogP contribution >= 0.6 is 0 Å². The Kier molecular flexibility index (Phi) is 5.30. The summed E-state index contributed by atoms with van der Waals surface area (Å²) in [5.41, 5.74) is 0.802. The largest absolute Gasteiger partial charge is 0.372 e. The van der Waals surface area contributed by atoms with Gasteiger partial charge in [-0.1, -0.05) is 30.3 Å². The summed E-state index contributed by atoms with van der Waals surface area (Å²) in [5.74, 6) is 0.0209. The van der Waals surface area contributed by atoms with Crippen LogP contribution in [0.2, 0.25) is 0 Å². The smallest absolute Gasteiger partial charge is 0.248 e. The van der Waals surface area contributed by atoms with Crippen molar-refractivity contribution >= 4 is 5.91 Å². The van der Waals surface area contributed by atoms with Gasteiger partial charge in [0.1, 0.15) is 18.3 Å². The van der Waals surface area contributed by atoms with Crippen molar-refractivity contribution < 1.29 is 19.0 Å². The molecule has 2 aliphatic rings. The van der Waals surface area contributed by atoms with Gasteiger partial charge in [-0.3, -0.25) is 4.79 Å². The molecule has 0 saturated carbocycles. The molecule has 0 aliphatic carbocycles. The van der Waals surface area contributed by atoms with E-state index < -0.39 is 0 Å². The summed E-state index contributed by atoms with van der Waals surface area (Å²) in [6.07, 6.45) is 1.90. The normalized spacial score (nSPS) is 27.0. The van der Waals surface area contributed by atoms with E-state index in [4.69, 9.17) is 14.2 Å². The molecule has 2 heterocycles. The molecule has 23 heavy (non-hydrogen) atoms. The molecule has 1 spiro atoms. The third-order valence-corrected chi connectivity index (χ3v) is 4.64. The Morgan fingerprint density at radius 1 is 1.39 bits per heavy atom. The molecule has 3 rings (SSSR count). The molecule has 0 unspecified atom stereocenters. The Hall–Kier alpha value is -1.43. The first-order valence-electron chi connectivity index (χ1n) is 8.38. The van der Waals surface area contributed by atoms with Crippen LogP contribution in [0.25, 0.3) is 0 Å². The lowest BCUT2D eigenvalue weighted by Crippen LogP contribution is -2.42. The number of carbonyl (C=O) groups is 1. The fraction of sp³-hybridized carbons (Fsp3) is 0.611. The second kappa shape index (κ2) is 7.43. The number of nitrogens with zero attached hydrogens (tertiary/aromatic N) is 1. The van der Waals surface area contributed by atoms with Crippen LogP contribution in [0.1, 0.15) is 25.3 Å². The highest BCUT2D eigenvalue weighted by Crippen LogP contribution is 2.37. The highest BCUT2D eigenvalue weighted by atomic mass is 16.6. The fourth-order valence-electron chi connectivity index (χ4n) is 3.40. The topological polar surface area (TPSA) is 48.0 Å². The highest BCUT2D eigenvalue weighted by Gasteiger charge is 2.51. The van der Waals surface area contributed by atoms with Crippen LogP contribution in [0.3, 0.4) is 0 Å². The second-order valence-corrected chi connectivity index (χ2v) is 6.21. The van der Waals surface area contributed by atoms with E-state index in [-0.39, 0.29) is 24.2 Å². The summed E-state index contributed by atoms with van der Waals surface area (Å²) < 4.78 is 17.4. The van der Waals surface area contributed by atoms with Gasteiger partial charge in [-0.2, -0.15) is 0 Å². The lowest BCUT2D eigenvalue weighted by Gasteiger charge is -2.28. The molecule has 2 saturated heterocycles. The first kappa shape index (κ1) is 16.4. The summed E-state index contributed by atoms with van der Waals surface area (Å²) >= 11 is 0. The average molecular weight is 319 g/mol. The van der Waals surface area contributed by atoms with E-state index in [1.54, 1.807) is 0 Å². The molecule has 0 aromatic heterocycles. The van der Waals surface area contributed by atoms with Crippen molar-refractivity contribution in [3.05, 3.63) is 35.9 Å². The van der Waals surface area contributed by atoms with E-state index in [0.717, 1.165) is 25.0 Å². The zero-order valence-electron chi connectivity index (χ0n) is 13.7. The number of hydrogen-bond acceptors (Lipinski definition) is 4. The van der Waals surface area contributed by atoms with E-state index in [9.17, 15) is 4.79 Å². The quantitative estimate of drug-likeness (QED) is 0.805. The van der Waals surface area contributed by atoms with E-state index in [2.05, 4.69) is 12.1 Å². The van der Waals surface area contributed by atoms with Crippen molar-refractivity contribution in [2.24, 2.45) is 0 Å². The molecule has 0 radical (unpaired) electrons. The second-order valence-electron chi connectivity index (χ2n) is 6.21. The zero-order valence-corrected chi connectivity index (χ0v) is 13.7. The maximum atomic E-state index is 12.3. The number of hydrogen-bond donors (Lipinski definition) is 0. The number of ether oxygens (including phenoxy) is 3. The van der Waals surface area contributed by atoms with Gasteiger partial charge in [0.25, 0.3) is 0 Å². The summed E-state index contributed by atoms with van der Waals surface area (Å²) in [6.45, 7) is 5.07. The summed E-state index contributed by atoms with van der Waals surface area (Å²) in [6, 6.07) is 10.1. The molecule has 1 amide bonds. The third kappa shape index (κ3) is 3.74. The molecule has 0 N–H and O–H groups in total. The molecular weight excluding hydrogens is 294 g/mol. The maximum Gasteiger partial charge on any atom is 0.248 e. The van der Waals surface area contributed by atoms with Gasteiger partial charge in [-0.15, -0.1) is 0 Å². The lowest BCUT2D eigenvalue weighted by atomic mass is 9.96. The monoisotopic (exact) mass is 319 g/mol. The molecule has 1 aromatic carbocycles. The molecule has 2 fully saturated rings. The molecule has 2 aliphatic heterocycles. The predicted molar refractivity (Wildman–Crippen MR) is 86.0 cm³/mol. The Morgan fingerprint density at radius 2 is 2.22 bits per heavy atom. The molecule has 1 aromatic rings. The van der Waals surface area contributed by atoms with Crippen LogP contribution in [0.15, 0.2) is 30.3 Å². The SMILES string of the molecule is CCOCC(=O)N1C[C@H](OCc2ccccc2)[C@]2(CCCO2)C1. The van der Waals surface area contributed by atoms with Crippen LogP contribution in [-0.4, -0.2) is 55.4 Å². The van der Waals surface area contributed by atoms with Crippen LogP contribution in [-0.2, 0) is 25.6 Å². The Balaban J connectivity index is 1.63. The molecule has 5 heteroatoms. The zero-order chi connectivity index (χ0) is 16.1. The van der Waals surface area contributed by atoms with Crippen LogP contribution in [0.5, 0.6) is 0 Å².